The number of sulfonamides is 1. The molecule has 5 nitrogen and oxygen atoms in total. The van der Waals surface area contributed by atoms with Crippen molar-refractivity contribution in [3.63, 3.8) is 0 Å². The highest BCUT2D eigenvalue weighted by atomic mass is 79.9. The molecule has 0 fully saturated rings. The van der Waals surface area contributed by atoms with Gasteiger partial charge in [0.1, 0.15) is 0 Å². The summed E-state index contributed by atoms with van der Waals surface area (Å²) < 4.78 is 26.2. The number of benzene rings is 1. The standard InChI is InChI=1S/C13H15BrClNO4S/c1-3-4-5-6-16(2)21(19,20)9-7-10(13(17)18)12(15)11(14)8-9/h3,7-8H,1,4-6H2,2H3,(H,17,18). The van der Waals surface area contributed by atoms with Crippen LogP contribution in [0, 0.1) is 0 Å². The summed E-state index contributed by atoms with van der Waals surface area (Å²) in [6.45, 7) is 3.89. The van der Waals surface area contributed by atoms with E-state index in [-0.39, 0.29) is 20.0 Å². The van der Waals surface area contributed by atoms with Gasteiger partial charge in [-0.05, 0) is 40.9 Å². The molecule has 0 unspecified atom stereocenters. The van der Waals surface area contributed by atoms with Crippen molar-refractivity contribution in [1.82, 2.24) is 4.31 Å². The SMILES string of the molecule is C=CCCCN(C)S(=O)(=O)c1cc(Br)c(Cl)c(C(=O)O)c1. The third kappa shape index (κ3) is 4.29. The second kappa shape index (κ2) is 7.40. The first-order valence-corrected chi connectivity index (χ1v) is 8.62. The summed E-state index contributed by atoms with van der Waals surface area (Å²) in [6.07, 6.45) is 3.05. The predicted molar refractivity (Wildman–Crippen MR) is 85.4 cm³/mol. The molecule has 0 aliphatic heterocycles. The molecule has 0 aromatic heterocycles. The summed E-state index contributed by atoms with van der Waals surface area (Å²) >= 11 is 8.92. The van der Waals surface area contributed by atoms with E-state index in [0.717, 1.165) is 6.07 Å². The first-order chi connectivity index (χ1) is 9.71. The molecule has 1 aromatic carbocycles. The molecule has 21 heavy (non-hydrogen) atoms. The van der Waals surface area contributed by atoms with Crippen LogP contribution in [-0.2, 0) is 10.0 Å². The molecule has 1 aromatic rings. The molecule has 0 aliphatic carbocycles. The highest BCUT2D eigenvalue weighted by Crippen LogP contribution is 2.30. The molecule has 0 spiro atoms. The third-order valence-corrected chi connectivity index (χ3v) is 5.92. The van der Waals surface area contributed by atoms with Gasteiger partial charge in [-0.1, -0.05) is 17.7 Å². The lowest BCUT2D eigenvalue weighted by atomic mass is 10.2. The number of carboxylic acids is 1. The van der Waals surface area contributed by atoms with Crippen LogP contribution >= 0.6 is 27.5 Å². The molecule has 0 amide bonds. The quantitative estimate of drug-likeness (QED) is 0.566. The van der Waals surface area contributed by atoms with Crippen LogP contribution in [0.2, 0.25) is 5.02 Å². The number of allylic oxidation sites excluding steroid dienone is 1. The van der Waals surface area contributed by atoms with Crippen molar-refractivity contribution >= 4 is 43.5 Å². The lowest BCUT2D eigenvalue weighted by Crippen LogP contribution is -2.28. The molecular weight excluding hydrogens is 382 g/mol. The van der Waals surface area contributed by atoms with E-state index in [2.05, 4.69) is 22.5 Å². The highest BCUT2D eigenvalue weighted by molar-refractivity contribution is 9.10. The molecule has 0 bridgehead atoms. The number of nitrogens with zero attached hydrogens (tertiary/aromatic N) is 1. The second-order valence-corrected chi connectivity index (χ2v) is 7.61. The van der Waals surface area contributed by atoms with Crippen LogP contribution in [0.1, 0.15) is 23.2 Å². The van der Waals surface area contributed by atoms with E-state index >= 15 is 0 Å². The van der Waals surface area contributed by atoms with Crippen LogP contribution in [0.5, 0.6) is 0 Å². The number of carboxylic acid groups (broad SMARTS) is 1. The van der Waals surface area contributed by atoms with Gasteiger partial charge in [0.25, 0.3) is 0 Å². The summed E-state index contributed by atoms with van der Waals surface area (Å²) in [6, 6.07) is 2.36. The van der Waals surface area contributed by atoms with Gasteiger partial charge in [-0.15, -0.1) is 6.58 Å². The van der Waals surface area contributed by atoms with Gasteiger partial charge in [-0.3, -0.25) is 0 Å². The maximum absolute atomic E-state index is 12.4. The summed E-state index contributed by atoms with van der Waals surface area (Å²) in [4.78, 5) is 11.0. The molecule has 0 saturated heterocycles. The van der Waals surface area contributed by atoms with Crippen LogP contribution < -0.4 is 0 Å². The Morgan fingerprint density at radius 1 is 1.52 bits per heavy atom. The maximum Gasteiger partial charge on any atom is 0.337 e. The van der Waals surface area contributed by atoms with Gasteiger partial charge in [0.05, 0.1) is 15.5 Å². The number of carbonyl (C=O) groups is 1. The molecule has 1 N–H and O–H groups in total. The summed E-state index contributed by atoms with van der Waals surface area (Å²) in [5, 5.41) is 9.04. The second-order valence-electron chi connectivity index (χ2n) is 4.33. The normalized spacial score (nSPS) is 11.6. The lowest BCUT2D eigenvalue weighted by Gasteiger charge is -2.17. The van der Waals surface area contributed by atoms with Gasteiger partial charge in [-0.2, -0.15) is 0 Å². The molecule has 1 rings (SSSR count). The zero-order chi connectivity index (χ0) is 16.2. The zero-order valence-electron chi connectivity index (χ0n) is 11.3. The zero-order valence-corrected chi connectivity index (χ0v) is 14.5. The summed E-state index contributed by atoms with van der Waals surface area (Å²) in [7, 11) is -2.32. The Morgan fingerprint density at radius 2 is 2.14 bits per heavy atom. The molecule has 0 radical (unpaired) electrons. The van der Waals surface area contributed by atoms with E-state index in [0.29, 0.717) is 19.4 Å². The Kier molecular flexibility index (Phi) is 6.40. The predicted octanol–water partition coefficient (Wildman–Crippen LogP) is 3.39. The minimum Gasteiger partial charge on any atom is -0.478 e. The Morgan fingerprint density at radius 3 is 2.67 bits per heavy atom. The van der Waals surface area contributed by atoms with Crippen LogP contribution in [-0.4, -0.2) is 37.4 Å². The van der Waals surface area contributed by atoms with Crippen molar-refractivity contribution in [2.75, 3.05) is 13.6 Å². The van der Waals surface area contributed by atoms with Gasteiger partial charge in [-0.25, -0.2) is 17.5 Å². The van der Waals surface area contributed by atoms with Crippen LogP contribution in [0.25, 0.3) is 0 Å². The van der Waals surface area contributed by atoms with E-state index in [9.17, 15) is 13.2 Å². The smallest absolute Gasteiger partial charge is 0.337 e. The van der Waals surface area contributed by atoms with Crippen molar-refractivity contribution in [1.29, 1.82) is 0 Å². The molecule has 0 saturated carbocycles. The largest absolute Gasteiger partial charge is 0.478 e. The fourth-order valence-electron chi connectivity index (χ4n) is 1.63. The first kappa shape index (κ1) is 18.2. The van der Waals surface area contributed by atoms with Crippen molar-refractivity contribution in [2.24, 2.45) is 0 Å². The molecule has 0 heterocycles. The number of unbranched alkanes of at least 4 members (excludes halogenated alkanes) is 1. The van der Waals surface area contributed by atoms with E-state index in [4.69, 9.17) is 16.7 Å². The molecule has 8 heteroatoms. The van der Waals surface area contributed by atoms with Gasteiger partial charge in [0.2, 0.25) is 10.0 Å². The van der Waals surface area contributed by atoms with Crippen LogP contribution in [0.15, 0.2) is 34.2 Å². The average molecular weight is 397 g/mol. The molecular formula is C13H15BrClNO4S. The third-order valence-electron chi connectivity index (χ3n) is 2.82. The summed E-state index contributed by atoms with van der Waals surface area (Å²) in [5.74, 6) is -1.29. The van der Waals surface area contributed by atoms with E-state index in [1.165, 1.54) is 17.4 Å². The van der Waals surface area contributed by atoms with Crippen LogP contribution in [0.4, 0.5) is 0 Å². The molecule has 0 aliphatic rings. The van der Waals surface area contributed by atoms with Gasteiger partial charge in [0.15, 0.2) is 0 Å². The van der Waals surface area contributed by atoms with Gasteiger partial charge >= 0.3 is 5.97 Å². The molecule has 116 valence electrons. The average Bonchev–Trinajstić information content (AvgIpc) is 2.41. The van der Waals surface area contributed by atoms with Crippen molar-refractivity contribution in [3.8, 4) is 0 Å². The number of aromatic carboxylic acids is 1. The highest BCUT2D eigenvalue weighted by Gasteiger charge is 2.24. The van der Waals surface area contributed by atoms with Crippen molar-refractivity contribution in [3.05, 3.63) is 39.8 Å². The van der Waals surface area contributed by atoms with E-state index in [1.807, 2.05) is 0 Å². The number of hydrogen-bond acceptors (Lipinski definition) is 3. The fourth-order valence-corrected chi connectivity index (χ4v) is 3.69. The first-order valence-electron chi connectivity index (χ1n) is 6.01. The Bertz CT molecular complexity index is 660. The minimum atomic E-state index is -3.77. The maximum atomic E-state index is 12.4. The van der Waals surface area contributed by atoms with Crippen molar-refractivity contribution in [2.45, 2.75) is 17.7 Å². The number of rotatable bonds is 7. The van der Waals surface area contributed by atoms with Crippen molar-refractivity contribution < 1.29 is 18.3 Å². The molecule has 0 atom stereocenters. The number of hydrogen-bond donors (Lipinski definition) is 1. The lowest BCUT2D eigenvalue weighted by molar-refractivity contribution is 0.0696. The topological polar surface area (TPSA) is 74.7 Å². The Balaban J connectivity index is 3.19. The Labute approximate surface area is 137 Å². The monoisotopic (exact) mass is 395 g/mol. The van der Waals surface area contributed by atoms with Gasteiger partial charge in [0, 0.05) is 18.1 Å². The van der Waals surface area contributed by atoms with E-state index in [1.54, 1.807) is 6.08 Å². The summed E-state index contributed by atoms with van der Waals surface area (Å²) in [5.41, 5.74) is -0.260. The van der Waals surface area contributed by atoms with Gasteiger partial charge < -0.3 is 5.11 Å². The van der Waals surface area contributed by atoms with Crippen LogP contribution in [0.3, 0.4) is 0 Å². The van der Waals surface area contributed by atoms with E-state index < -0.39 is 16.0 Å². The Hall–Kier alpha value is -0.890. The minimum absolute atomic E-state index is 0.0317. The number of halogens is 2. The fraction of sp³-hybridized carbons (Fsp3) is 0.308.